The first-order valence-electron chi connectivity index (χ1n) is 11.2. The van der Waals surface area contributed by atoms with Crippen LogP contribution in [0.25, 0.3) is 32.7 Å². The van der Waals surface area contributed by atoms with E-state index in [1.54, 1.807) is 11.1 Å². The molecule has 2 aromatic carbocycles. The molecule has 0 atom stereocenters. The summed E-state index contributed by atoms with van der Waals surface area (Å²) in [6.45, 7) is 3.81. The number of carbonyl (C=O) groups excluding carboxylic acids is 2. The van der Waals surface area contributed by atoms with Crippen LogP contribution >= 0.6 is 0 Å². The van der Waals surface area contributed by atoms with Crippen molar-refractivity contribution >= 4 is 55.8 Å². The lowest BCUT2D eigenvalue weighted by Crippen LogP contribution is -2.50. The first-order valence-corrected chi connectivity index (χ1v) is 11.2. The van der Waals surface area contributed by atoms with Gasteiger partial charge >= 0.3 is 0 Å². The van der Waals surface area contributed by atoms with Crippen LogP contribution in [-0.2, 0) is 4.79 Å². The summed E-state index contributed by atoms with van der Waals surface area (Å²) in [4.78, 5) is 42.3. The molecule has 6 heteroatoms. The van der Waals surface area contributed by atoms with Crippen LogP contribution in [0.1, 0.15) is 37.2 Å². The van der Waals surface area contributed by atoms with E-state index in [2.05, 4.69) is 9.97 Å². The van der Waals surface area contributed by atoms with E-state index in [4.69, 9.17) is 4.98 Å². The Morgan fingerprint density at radius 3 is 2.55 bits per heavy atom. The van der Waals surface area contributed by atoms with E-state index < -0.39 is 5.41 Å². The third kappa shape index (κ3) is 2.49. The third-order valence-electron chi connectivity index (χ3n) is 7.07. The fourth-order valence-corrected chi connectivity index (χ4v) is 5.20. The molecular weight excluding hydrogens is 412 g/mol. The smallest absolute Gasteiger partial charge is 0.245 e. The summed E-state index contributed by atoms with van der Waals surface area (Å²) in [5.41, 5.74) is 2.96. The first-order chi connectivity index (χ1) is 16.1. The summed E-state index contributed by atoms with van der Waals surface area (Å²) in [6.07, 6.45) is 4.43. The minimum Gasteiger partial charge on any atom is -0.361 e. The Morgan fingerprint density at radius 1 is 0.909 bits per heavy atom. The molecule has 0 saturated carbocycles. The van der Waals surface area contributed by atoms with Gasteiger partial charge in [0, 0.05) is 34.1 Å². The molecule has 33 heavy (non-hydrogen) atoms. The SMILES string of the molecule is CCC1(CC)C(=O)c2nc3c(ccc4[nH]cccc43)c2N(c2cccc3ncccc23)C1=O. The summed E-state index contributed by atoms with van der Waals surface area (Å²) >= 11 is 0. The van der Waals surface area contributed by atoms with Crippen LogP contribution in [0.5, 0.6) is 0 Å². The lowest BCUT2D eigenvalue weighted by Gasteiger charge is -2.39. The Labute approximate surface area is 190 Å². The molecule has 0 aliphatic carbocycles. The molecule has 0 unspecified atom stereocenters. The highest BCUT2D eigenvalue weighted by atomic mass is 16.2. The maximum atomic E-state index is 14.2. The molecule has 162 valence electrons. The van der Waals surface area contributed by atoms with E-state index in [-0.39, 0.29) is 11.7 Å². The van der Waals surface area contributed by atoms with Crippen LogP contribution in [0.15, 0.2) is 67.0 Å². The number of anilines is 2. The average molecular weight is 434 g/mol. The summed E-state index contributed by atoms with van der Waals surface area (Å²) in [5.74, 6) is -0.387. The van der Waals surface area contributed by atoms with E-state index in [9.17, 15) is 9.59 Å². The zero-order valence-electron chi connectivity index (χ0n) is 18.4. The van der Waals surface area contributed by atoms with E-state index >= 15 is 0 Å². The van der Waals surface area contributed by atoms with Gasteiger partial charge in [-0.05, 0) is 61.4 Å². The number of fused-ring (bicyclic) bond motifs is 6. The predicted molar refractivity (Wildman–Crippen MR) is 130 cm³/mol. The van der Waals surface area contributed by atoms with Gasteiger partial charge in [0.25, 0.3) is 0 Å². The maximum Gasteiger partial charge on any atom is 0.245 e. The lowest BCUT2D eigenvalue weighted by molar-refractivity contribution is -0.125. The molecule has 6 nitrogen and oxygen atoms in total. The van der Waals surface area contributed by atoms with Gasteiger partial charge < -0.3 is 4.98 Å². The van der Waals surface area contributed by atoms with E-state index in [0.717, 1.165) is 38.4 Å². The molecule has 1 aliphatic heterocycles. The number of hydrogen-bond donors (Lipinski definition) is 1. The molecule has 0 bridgehead atoms. The number of pyridine rings is 2. The van der Waals surface area contributed by atoms with Crippen LogP contribution in [0.2, 0.25) is 0 Å². The molecule has 0 spiro atoms. The molecule has 5 aromatic rings. The number of carbonyl (C=O) groups is 2. The van der Waals surface area contributed by atoms with Crippen molar-refractivity contribution in [2.24, 2.45) is 5.41 Å². The number of benzene rings is 2. The highest BCUT2D eigenvalue weighted by Crippen LogP contribution is 2.49. The van der Waals surface area contributed by atoms with Crippen LogP contribution < -0.4 is 4.90 Å². The lowest BCUT2D eigenvalue weighted by atomic mass is 9.73. The number of hydrogen-bond acceptors (Lipinski definition) is 4. The highest BCUT2D eigenvalue weighted by Gasteiger charge is 2.53. The normalized spacial score (nSPS) is 15.5. The maximum absolute atomic E-state index is 14.2. The van der Waals surface area contributed by atoms with Gasteiger partial charge in [0.15, 0.2) is 5.78 Å². The van der Waals surface area contributed by atoms with Crippen LogP contribution in [-0.4, -0.2) is 26.6 Å². The number of aromatic amines is 1. The summed E-state index contributed by atoms with van der Waals surface area (Å²) in [5, 5.41) is 2.57. The van der Waals surface area contributed by atoms with Crippen LogP contribution in [0.4, 0.5) is 11.4 Å². The summed E-state index contributed by atoms with van der Waals surface area (Å²) in [7, 11) is 0. The quantitative estimate of drug-likeness (QED) is 0.357. The van der Waals surface area contributed by atoms with Crippen molar-refractivity contribution in [1.82, 2.24) is 15.0 Å². The highest BCUT2D eigenvalue weighted by molar-refractivity contribution is 6.32. The second kappa shape index (κ2) is 6.97. The largest absolute Gasteiger partial charge is 0.361 e. The number of Topliss-reactive ketones (excluding diaryl/α,β-unsaturated/α-hetero) is 1. The van der Waals surface area contributed by atoms with Crippen LogP contribution in [0, 0.1) is 5.41 Å². The van der Waals surface area contributed by atoms with Gasteiger partial charge in [0.05, 0.1) is 22.4 Å². The molecule has 1 amide bonds. The molecule has 0 radical (unpaired) electrons. The van der Waals surface area contributed by atoms with Crippen molar-refractivity contribution in [2.75, 3.05) is 4.90 Å². The van der Waals surface area contributed by atoms with Gasteiger partial charge in [-0.2, -0.15) is 0 Å². The molecule has 1 aliphatic rings. The van der Waals surface area contributed by atoms with Crippen molar-refractivity contribution in [3.8, 4) is 0 Å². The van der Waals surface area contributed by atoms with Gasteiger partial charge in [-0.15, -0.1) is 0 Å². The third-order valence-corrected chi connectivity index (χ3v) is 7.07. The molecular formula is C27H22N4O2. The molecule has 6 rings (SSSR count). The van der Waals surface area contributed by atoms with Gasteiger partial charge in [0.2, 0.25) is 5.91 Å². The fraction of sp³-hybridized carbons (Fsp3) is 0.185. The van der Waals surface area contributed by atoms with Gasteiger partial charge in [-0.1, -0.05) is 19.9 Å². The molecule has 1 N–H and O–H groups in total. The molecule has 4 heterocycles. The van der Waals surface area contributed by atoms with E-state index in [1.807, 2.05) is 74.6 Å². The minimum atomic E-state index is -1.14. The second-order valence-corrected chi connectivity index (χ2v) is 8.51. The zero-order chi connectivity index (χ0) is 22.7. The first kappa shape index (κ1) is 19.6. The van der Waals surface area contributed by atoms with Gasteiger partial charge in [-0.3, -0.25) is 19.5 Å². The van der Waals surface area contributed by atoms with Crippen molar-refractivity contribution in [3.05, 3.63) is 72.7 Å². The van der Waals surface area contributed by atoms with Gasteiger partial charge in [0.1, 0.15) is 11.1 Å². The Kier molecular flexibility index (Phi) is 4.14. The zero-order valence-corrected chi connectivity index (χ0v) is 18.4. The topological polar surface area (TPSA) is 79.0 Å². The second-order valence-electron chi connectivity index (χ2n) is 8.51. The molecule has 0 fully saturated rings. The Morgan fingerprint density at radius 2 is 1.73 bits per heavy atom. The van der Waals surface area contributed by atoms with E-state index in [0.29, 0.717) is 24.2 Å². The number of nitrogens with zero attached hydrogens (tertiary/aromatic N) is 3. The minimum absolute atomic E-state index is 0.189. The average Bonchev–Trinajstić information content (AvgIpc) is 3.25. The van der Waals surface area contributed by atoms with Gasteiger partial charge in [-0.25, -0.2) is 4.98 Å². The monoisotopic (exact) mass is 434 g/mol. The van der Waals surface area contributed by atoms with Crippen molar-refractivity contribution in [1.29, 1.82) is 0 Å². The Hall–Kier alpha value is -4.06. The fourth-order valence-electron chi connectivity index (χ4n) is 5.20. The number of amides is 1. The number of H-pyrrole nitrogens is 1. The Balaban J connectivity index is 1.76. The van der Waals surface area contributed by atoms with Crippen molar-refractivity contribution in [2.45, 2.75) is 26.7 Å². The summed E-state index contributed by atoms with van der Waals surface area (Å²) < 4.78 is 0. The number of nitrogens with one attached hydrogen (secondary N) is 1. The van der Waals surface area contributed by atoms with Crippen LogP contribution in [0.3, 0.4) is 0 Å². The predicted octanol–water partition coefficient (Wildman–Crippen LogP) is 5.93. The van der Waals surface area contributed by atoms with Crippen molar-refractivity contribution in [3.63, 3.8) is 0 Å². The molecule has 3 aromatic heterocycles. The Bertz CT molecular complexity index is 1590. The number of ketones is 1. The number of rotatable bonds is 3. The van der Waals surface area contributed by atoms with E-state index in [1.165, 1.54) is 0 Å². The van der Waals surface area contributed by atoms with Crippen molar-refractivity contribution < 1.29 is 9.59 Å². The standard InChI is InChI=1S/C27H22N4O2/c1-3-27(4-2)25(32)23-24(18-12-13-20-17(22(18)30-23)9-7-15-29-20)31(26(27)33)21-11-5-10-19-16(21)8-6-14-28-19/h5-15,29H,3-4H2,1-2H3. The number of aromatic nitrogens is 3. The summed E-state index contributed by atoms with van der Waals surface area (Å²) in [6, 6.07) is 17.4. The molecule has 0 saturated heterocycles.